The summed E-state index contributed by atoms with van der Waals surface area (Å²) in [4.78, 5) is 0. The molecule has 0 aliphatic carbocycles. The number of aliphatic hydroxyl groups excluding tert-OH is 1. The second kappa shape index (κ2) is 5.53. The molecule has 0 aliphatic heterocycles. The Morgan fingerprint density at radius 2 is 1.40 bits per heavy atom. The summed E-state index contributed by atoms with van der Waals surface area (Å²) in [7, 11) is 0. The molecule has 0 aliphatic rings. The average molecular weight is 197 g/mol. The zero-order valence-corrected chi connectivity index (χ0v) is 8.17. The van der Waals surface area contributed by atoms with Crippen LogP contribution >= 0.6 is 0 Å². The maximum absolute atomic E-state index is 8.06. The molecule has 0 unspecified atom stereocenters. The zero-order valence-electron chi connectivity index (χ0n) is 3.73. The molecule has 0 spiro atoms. The topological polar surface area (TPSA) is 20.2 Å². The Labute approximate surface area is 72.8 Å². The second-order valence-electron chi connectivity index (χ2n) is 1.09. The van der Waals surface area contributed by atoms with Crippen molar-refractivity contribution >= 4 is 48.9 Å². The van der Waals surface area contributed by atoms with Gasteiger partial charge in [-0.2, -0.15) is 0 Å². The molecule has 0 heterocycles. The Hall–Kier alpha value is 1.53. The smallest absolute Gasteiger partial charge is 0.0483 e. The van der Waals surface area contributed by atoms with Crippen LogP contribution in [0.25, 0.3) is 0 Å². The Morgan fingerprint density at radius 3 is 1.40 bits per heavy atom. The van der Waals surface area contributed by atoms with E-state index in [9.17, 15) is 0 Å². The molecule has 1 N–H and O–H groups in total. The van der Waals surface area contributed by atoms with E-state index in [4.69, 9.17) is 5.11 Å². The van der Waals surface area contributed by atoms with Crippen molar-refractivity contribution in [1.82, 2.24) is 0 Å². The van der Waals surface area contributed by atoms with Crippen LogP contribution in [0, 0.1) is 0 Å². The van der Waals surface area contributed by atoms with Crippen LogP contribution in [0.3, 0.4) is 0 Å². The van der Waals surface area contributed by atoms with E-state index >= 15 is 0 Å². The summed E-state index contributed by atoms with van der Waals surface area (Å²) < 4.78 is 0. The van der Waals surface area contributed by atoms with E-state index in [0.29, 0.717) is 0 Å². The van der Waals surface area contributed by atoms with E-state index in [-0.39, 0.29) is 55.0 Å². The first kappa shape index (κ1) is 9.73. The fourth-order valence-corrected chi connectivity index (χ4v) is 0. The minimum absolute atomic E-state index is 0. The molecule has 1 nitrogen and oxygen atoms in total. The van der Waals surface area contributed by atoms with Crippen LogP contribution in [-0.4, -0.2) is 60.1 Å². The van der Waals surface area contributed by atoms with Crippen molar-refractivity contribution < 1.29 is 5.11 Å². The van der Waals surface area contributed by atoms with Gasteiger partial charge in [0.2, 0.25) is 0 Å². The van der Waals surface area contributed by atoms with Gasteiger partial charge in [0.1, 0.15) is 0 Å². The van der Waals surface area contributed by atoms with Gasteiger partial charge in [-0.1, -0.05) is 0 Å². The summed E-state index contributed by atoms with van der Waals surface area (Å²) in [6, 6.07) is 0. The SMILES string of the molecule is CC(C)O.[Ba]. The van der Waals surface area contributed by atoms with Gasteiger partial charge in [0.05, 0.1) is 0 Å². The van der Waals surface area contributed by atoms with Crippen LogP contribution in [0.2, 0.25) is 0 Å². The van der Waals surface area contributed by atoms with Gasteiger partial charge < -0.3 is 5.11 Å². The van der Waals surface area contributed by atoms with Crippen molar-refractivity contribution in [3.05, 3.63) is 0 Å². The first-order chi connectivity index (χ1) is 1.73. The first-order valence-electron chi connectivity index (χ1n) is 1.41. The molecule has 0 aromatic rings. The van der Waals surface area contributed by atoms with E-state index in [1.165, 1.54) is 0 Å². The molecule has 0 saturated heterocycles. The van der Waals surface area contributed by atoms with Crippen molar-refractivity contribution in [2.75, 3.05) is 0 Å². The van der Waals surface area contributed by atoms with E-state index in [1.807, 2.05) is 0 Å². The minimum atomic E-state index is -0.167. The fourth-order valence-electron chi connectivity index (χ4n) is 0. The first-order valence-corrected chi connectivity index (χ1v) is 1.41. The number of hydrogen-bond donors (Lipinski definition) is 1. The quantitative estimate of drug-likeness (QED) is 0.542. The molecule has 0 amide bonds. The number of rotatable bonds is 0. The van der Waals surface area contributed by atoms with Gasteiger partial charge in [0, 0.05) is 55.0 Å². The molecule has 0 saturated carbocycles. The summed E-state index contributed by atoms with van der Waals surface area (Å²) in [5.74, 6) is 0. The Balaban J connectivity index is 0. The zero-order chi connectivity index (χ0) is 3.58. The third-order valence-electron chi connectivity index (χ3n) is 0. The van der Waals surface area contributed by atoms with Crippen LogP contribution in [0.5, 0.6) is 0 Å². The molecule has 2 radical (unpaired) electrons. The largest absolute Gasteiger partial charge is 0.394 e. The maximum atomic E-state index is 8.06. The summed E-state index contributed by atoms with van der Waals surface area (Å²) in [6.07, 6.45) is -0.167. The molecule has 0 aromatic heterocycles. The summed E-state index contributed by atoms with van der Waals surface area (Å²) in [5.41, 5.74) is 0. The van der Waals surface area contributed by atoms with Gasteiger partial charge in [0.25, 0.3) is 0 Å². The van der Waals surface area contributed by atoms with Crippen LogP contribution in [-0.2, 0) is 0 Å². The van der Waals surface area contributed by atoms with Crippen LogP contribution in [0.4, 0.5) is 0 Å². The van der Waals surface area contributed by atoms with E-state index in [0.717, 1.165) is 0 Å². The molecule has 5 heavy (non-hydrogen) atoms. The van der Waals surface area contributed by atoms with Crippen LogP contribution < -0.4 is 0 Å². The predicted octanol–water partition coefficient (Wildman–Crippen LogP) is 0.00630. The standard InChI is InChI=1S/C3H8O.Ba/c1-3(2)4;/h3-4H,1-2H3;. The minimum Gasteiger partial charge on any atom is -0.394 e. The molecular weight excluding hydrogens is 189 g/mol. The summed E-state index contributed by atoms with van der Waals surface area (Å²) >= 11 is 0. The Kier molecular flexibility index (Phi) is 10.8. The number of hydrogen-bond acceptors (Lipinski definition) is 1. The van der Waals surface area contributed by atoms with Crippen LogP contribution in [0.1, 0.15) is 13.8 Å². The monoisotopic (exact) mass is 198 g/mol. The molecule has 0 fully saturated rings. The van der Waals surface area contributed by atoms with Gasteiger partial charge >= 0.3 is 0 Å². The van der Waals surface area contributed by atoms with E-state index in [2.05, 4.69) is 0 Å². The average Bonchev–Trinajstić information content (AvgIpc) is 0.811. The maximum Gasteiger partial charge on any atom is 0.0483 e. The molecular formula is C3H8BaO. The van der Waals surface area contributed by atoms with Gasteiger partial charge in [-0.25, -0.2) is 0 Å². The summed E-state index contributed by atoms with van der Waals surface area (Å²) in [6.45, 7) is 3.44. The predicted molar refractivity (Wildman–Crippen MR) is 23.1 cm³/mol. The van der Waals surface area contributed by atoms with Gasteiger partial charge in [-0.05, 0) is 13.8 Å². The van der Waals surface area contributed by atoms with E-state index in [1.54, 1.807) is 13.8 Å². The molecule has 0 rings (SSSR count). The Bertz CT molecular complexity index is 11.6. The van der Waals surface area contributed by atoms with Crippen molar-refractivity contribution in [2.24, 2.45) is 0 Å². The van der Waals surface area contributed by atoms with Crippen molar-refractivity contribution in [2.45, 2.75) is 20.0 Å². The third-order valence-corrected chi connectivity index (χ3v) is 0. The molecule has 0 bridgehead atoms. The van der Waals surface area contributed by atoms with Crippen LogP contribution in [0.15, 0.2) is 0 Å². The van der Waals surface area contributed by atoms with E-state index < -0.39 is 0 Å². The molecule has 28 valence electrons. The third kappa shape index (κ3) is 29.4. The van der Waals surface area contributed by atoms with Crippen molar-refractivity contribution in [1.29, 1.82) is 0 Å². The molecule has 2 heteroatoms. The molecule has 0 atom stereocenters. The number of aliphatic hydroxyl groups is 1. The van der Waals surface area contributed by atoms with Gasteiger partial charge in [-0.3, -0.25) is 0 Å². The second-order valence-corrected chi connectivity index (χ2v) is 1.09. The normalized spacial score (nSPS) is 7.20. The van der Waals surface area contributed by atoms with Crippen molar-refractivity contribution in [3.8, 4) is 0 Å². The fraction of sp³-hybridized carbons (Fsp3) is 1.00. The van der Waals surface area contributed by atoms with Gasteiger partial charge in [0.15, 0.2) is 0 Å². The van der Waals surface area contributed by atoms with Gasteiger partial charge in [-0.15, -0.1) is 0 Å². The summed E-state index contributed by atoms with van der Waals surface area (Å²) in [5, 5.41) is 8.06. The van der Waals surface area contributed by atoms with Crippen molar-refractivity contribution in [3.63, 3.8) is 0 Å². The Morgan fingerprint density at radius 1 is 1.40 bits per heavy atom. The molecule has 0 aromatic carbocycles.